The summed E-state index contributed by atoms with van der Waals surface area (Å²) in [5.74, 6) is 0.122. The van der Waals surface area contributed by atoms with Crippen LogP contribution in [0, 0.1) is 12.8 Å². The van der Waals surface area contributed by atoms with Crippen molar-refractivity contribution >= 4 is 44.8 Å². The number of sulfonamides is 1. The monoisotopic (exact) mass is 440 g/mol. The summed E-state index contributed by atoms with van der Waals surface area (Å²) in [6.45, 7) is 4.90. The number of nitrogens with one attached hydrogen (secondary N) is 1. The lowest BCUT2D eigenvalue weighted by atomic mass is 10.0. The molecule has 0 atom stereocenters. The fourth-order valence-electron chi connectivity index (χ4n) is 3.15. The SMILES string of the molecule is Cc1ccc(S(=O)(=O)N2CCC(C)CC2)cc1C(=O)Nc1ccc(Cl)c(Cl)c1. The first-order valence-corrected chi connectivity index (χ1v) is 11.3. The van der Waals surface area contributed by atoms with Crippen LogP contribution >= 0.6 is 23.2 Å². The number of hydrogen-bond acceptors (Lipinski definition) is 3. The molecule has 5 nitrogen and oxygen atoms in total. The summed E-state index contributed by atoms with van der Waals surface area (Å²) in [4.78, 5) is 12.9. The van der Waals surface area contributed by atoms with E-state index in [-0.39, 0.29) is 4.90 Å². The second-order valence-corrected chi connectivity index (χ2v) is 9.90. The molecule has 1 saturated heterocycles. The molecule has 1 aliphatic rings. The smallest absolute Gasteiger partial charge is 0.255 e. The number of aryl methyl sites for hydroxylation is 1. The maximum Gasteiger partial charge on any atom is 0.255 e. The molecule has 1 fully saturated rings. The first-order valence-electron chi connectivity index (χ1n) is 9.05. The van der Waals surface area contributed by atoms with Crippen molar-refractivity contribution in [2.45, 2.75) is 31.6 Å². The van der Waals surface area contributed by atoms with Crippen molar-refractivity contribution in [3.05, 3.63) is 57.6 Å². The number of anilines is 1. The normalized spacial score (nSPS) is 16.1. The summed E-state index contributed by atoms with van der Waals surface area (Å²) < 4.78 is 27.5. The number of halogens is 2. The Labute approximate surface area is 175 Å². The van der Waals surface area contributed by atoms with Crippen LogP contribution in [0.5, 0.6) is 0 Å². The fourth-order valence-corrected chi connectivity index (χ4v) is 4.95. The molecule has 0 aliphatic carbocycles. The van der Waals surface area contributed by atoms with Crippen LogP contribution in [0.3, 0.4) is 0 Å². The van der Waals surface area contributed by atoms with Crippen LogP contribution in [0.4, 0.5) is 5.69 Å². The number of nitrogens with zero attached hydrogens (tertiary/aromatic N) is 1. The van der Waals surface area contributed by atoms with Crippen molar-refractivity contribution in [1.29, 1.82) is 0 Å². The molecular formula is C20H22Cl2N2O3S. The zero-order valence-electron chi connectivity index (χ0n) is 15.7. The lowest BCUT2D eigenvalue weighted by molar-refractivity contribution is 0.102. The summed E-state index contributed by atoms with van der Waals surface area (Å²) in [6, 6.07) is 9.42. The zero-order chi connectivity index (χ0) is 20.5. The Balaban J connectivity index is 1.86. The van der Waals surface area contributed by atoms with E-state index in [0.717, 1.165) is 12.8 Å². The summed E-state index contributed by atoms with van der Waals surface area (Å²) in [5.41, 5.74) is 1.47. The Bertz CT molecular complexity index is 1000. The van der Waals surface area contributed by atoms with Gasteiger partial charge in [-0.3, -0.25) is 4.79 Å². The van der Waals surface area contributed by atoms with E-state index in [1.165, 1.54) is 10.4 Å². The molecule has 0 unspecified atom stereocenters. The molecule has 0 radical (unpaired) electrons. The fraction of sp³-hybridized carbons (Fsp3) is 0.350. The van der Waals surface area contributed by atoms with Gasteiger partial charge in [0.1, 0.15) is 0 Å². The number of carbonyl (C=O) groups excluding carboxylic acids is 1. The quantitative estimate of drug-likeness (QED) is 0.728. The number of hydrogen-bond donors (Lipinski definition) is 1. The van der Waals surface area contributed by atoms with E-state index in [1.807, 2.05) is 0 Å². The lowest BCUT2D eigenvalue weighted by Crippen LogP contribution is -2.38. The summed E-state index contributed by atoms with van der Waals surface area (Å²) in [6.07, 6.45) is 1.69. The standard InChI is InChI=1S/C20H22Cl2N2O3S/c1-13-7-9-24(10-8-13)28(26,27)16-5-3-14(2)17(12-16)20(25)23-15-4-6-18(21)19(22)11-15/h3-6,11-13H,7-10H2,1-2H3,(H,23,25). The van der Waals surface area contributed by atoms with Crippen LogP contribution in [0.1, 0.15) is 35.7 Å². The molecule has 1 N–H and O–H groups in total. The third-order valence-corrected chi connectivity index (χ3v) is 7.65. The van der Waals surface area contributed by atoms with Crippen LogP contribution in [0.2, 0.25) is 10.0 Å². The molecule has 1 amide bonds. The maximum atomic E-state index is 13.0. The van der Waals surface area contributed by atoms with E-state index in [2.05, 4.69) is 12.2 Å². The van der Waals surface area contributed by atoms with Crippen LogP contribution in [0.15, 0.2) is 41.3 Å². The summed E-state index contributed by atoms with van der Waals surface area (Å²) >= 11 is 11.9. The molecule has 1 heterocycles. The molecule has 28 heavy (non-hydrogen) atoms. The van der Waals surface area contributed by atoms with Gasteiger partial charge in [0.15, 0.2) is 0 Å². The number of benzene rings is 2. The molecule has 8 heteroatoms. The Morgan fingerprint density at radius 1 is 1.07 bits per heavy atom. The van der Waals surface area contributed by atoms with Gasteiger partial charge in [-0.2, -0.15) is 4.31 Å². The van der Waals surface area contributed by atoms with Crippen LogP contribution in [-0.2, 0) is 10.0 Å². The first kappa shape index (κ1) is 21.1. The van der Waals surface area contributed by atoms with Gasteiger partial charge < -0.3 is 5.32 Å². The summed E-state index contributed by atoms with van der Waals surface area (Å²) in [5, 5.41) is 3.46. The van der Waals surface area contributed by atoms with E-state index in [0.29, 0.717) is 45.9 Å². The van der Waals surface area contributed by atoms with Crippen molar-refractivity contribution < 1.29 is 13.2 Å². The second kappa shape index (κ2) is 8.41. The Hall–Kier alpha value is -1.60. The van der Waals surface area contributed by atoms with Gasteiger partial charge in [-0.05, 0) is 61.6 Å². The molecule has 2 aromatic carbocycles. The molecule has 1 aliphatic heterocycles. The molecule has 0 spiro atoms. The molecule has 2 aromatic rings. The van der Waals surface area contributed by atoms with Gasteiger partial charge >= 0.3 is 0 Å². The highest BCUT2D eigenvalue weighted by Crippen LogP contribution is 2.27. The predicted molar refractivity (Wildman–Crippen MR) is 113 cm³/mol. The van der Waals surface area contributed by atoms with Gasteiger partial charge in [-0.1, -0.05) is 36.2 Å². The minimum atomic E-state index is -3.63. The highest BCUT2D eigenvalue weighted by molar-refractivity contribution is 7.89. The van der Waals surface area contributed by atoms with Crippen molar-refractivity contribution in [1.82, 2.24) is 4.31 Å². The van der Waals surface area contributed by atoms with Crippen molar-refractivity contribution in [2.75, 3.05) is 18.4 Å². The Morgan fingerprint density at radius 2 is 1.75 bits per heavy atom. The lowest BCUT2D eigenvalue weighted by Gasteiger charge is -2.29. The molecular weight excluding hydrogens is 419 g/mol. The average Bonchev–Trinajstić information content (AvgIpc) is 2.65. The first-order chi connectivity index (χ1) is 13.2. The van der Waals surface area contributed by atoms with Crippen LogP contribution in [0.25, 0.3) is 0 Å². The maximum absolute atomic E-state index is 13.0. The third kappa shape index (κ3) is 4.51. The van der Waals surface area contributed by atoms with E-state index >= 15 is 0 Å². The van der Waals surface area contributed by atoms with Crippen molar-refractivity contribution in [3.8, 4) is 0 Å². The Kier molecular flexibility index (Phi) is 6.34. The Morgan fingerprint density at radius 3 is 2.39 bits per heavy atom. The van der Waals surface area contributed by atoms with E-state index in [9.17, 15) is 13.2 Å². The van der Waals surface area contributed by atoms with E-state index < -0.39 is 15.9 Å². The average molecular weight is 441 g/mol. The second-order valence-electron chi connectivity index (χ2n) is 7.15. The third-order valence-electron chi connectivity index (χ3n) is 5.01. The largest absolute Gasteiger partial charge is 0.322 e. The predicted octanol–water partition coefficient (Wildman–Crippen LogP) is 4.97. The number of piperidine rings is 1. The van der Waals surface area contributed by atoms with E-state index in [1.54, 1.807) is 37.3 Å². The minimum Gasteiger partial charge on any atom is -0.322 e. The minimum absolute atomic E-state index is 0.131. The van der Waals surface area contributed by atoms with Gasteiger partial charge in [0.05, 0.1) is 14.9 Å². The summed E-state index contributed by atoms with van der Waals surface area (Å²) in [7, 11) is -3.63. The number of carbonyl (C=O) groups is 1. The van der Waals surface area contributed by atoms with E-state index in [4.69, 9.17) is 23.2 Å². The zero-order valence-corrected chi connectivity index (χ0v) is 18.0. The van der Waals surface area contributed by atoms with Gasteiger partial charge in [0, 0.05) is 24.3 Å². The van der Waals surface area contributed by atoms with Gasteiger partial charge in [0.2, 0.25) is 10.0 Å². The molecule has 0 aromatic heterocycles. The number of rotatable bonds is 4. The number of amides is 1. The van der Waals surface area contributed by atoms with Crippen molar-refractivity contribution in [2.24, 2.45) is 5.92 Å². The van der Waals surface area contributed by atoms with Crippen molar-refractivity contribution in [3.63, 3.8) is 0 Å². The highest BCUT2D eigenvalue weighted by Gasteiger charge is 2.29. The highest BCUT2D eigenvalue weighted by atomic mass is 35.5. The topological polar surface area (TPSA) is 66.5 Å². The van der Waals surface area contributed by atoms with Gasteiger partial charge in [0.25, 0.3) is 5.91 Å². The van der Waals surface area contributed by atoms with Crippen LogP contribution in [-0.4, -0.2) is 31.7 Å². The van der Waals surface area contributed by atoms with Gasteiger partial charge in [-0.25, -0.2) is 8.42 Å². The molecule has 3 rings (SSSR count). The molecule has 150 valence electrons. The van der Waals surface area contributed by atoms with Gasteiger partial charge in [-0.15, -0.1) is 0 Å². The molecule has 0 saturated carbocycles. The molecule has 0 bridgehead atoms. The van der Waals surface area contributed by atoms with Crippen LogP contribution < -0.4 is 5.32 Å².